The van der Waals surface area contributed by atoms with E-state index in [4.69, 9.17) is 5.11 Å². The zero-order chi connectivity index (χ0) is 13.3. The van der Waals surface area contributed by atoms with Gasteiger partial charge in [0.05, 0.1) is 18.8 Å². The molecule has 0 saturated carbocycles. The molecule has 8 nitrogen and oxygen atoms in total. The average Bonchev–Trinajstić information content (AvgIpc) is 2.71. The number of nitrogens with zero attached hydrogens (tertiary/aromatic N) is 5. The number of aromatic carboxylic acids is 1. The molecular weight excluding hydrogens is 238 g/mol. The molecule has 0 radical (unpaired) electrons. The van der Waals surface area contributed by atoms with Crippen molar-refractivity contribution in [2.45, 2.75) is 6.04 Å². The number of likely N-dealkylation sites (N-methyl/N-ethyl adjacent to an activating group) is 1. The Morgan fingerprint density at radius 3 is 2.67 bits per heavy atom. The van der Waals surface area contributed by atoms with E-state index in [1.165, 1.54) is 6.20 Å². The normalized spacial score (nSPS) is 16.3. The van der Waals surface area contributed by atoms with E-state index in [1.807, 2.05) is 4.90 Å². The zero-order valence-corrected chi connectivity index (χ0v) is 10.3. The van der Waals surface area contributed by atoms with Gasteiger partial charge in [0.1, 0.15) is 0 Å². The Hall–Kier alpha value is -1.96. The largest absolute Gasteiger partial charge is 0.476 e. The molecule has 1 fully saturated rings. The third-order valence-corrected chi connectivity index (χ3v) is 2.90. The second-order valence-corrected chi connectivity index (χ2v) is 4.53. The lowest BCUT2D eigenvalue weighted by atomic mass is 10.1. The summed E-state index contributed by atoms with van der Waals surface area (Å²) in [5.74, 6) is -1.03. The van der Waals surface area contributed by atoms with E-state index in [1.54, 1.807) is 23.7 Å². The highest BCUT2D eigenvalue weighted by molar-refractivity contribution is 5.84. The highest BCUT2D eigenvalue weighted by atomic mass is 16.4. The predicted octanol–water partition coefficient (Wildman–Crippen LogP) is -1.08. The summed E-state index contributed by atoms with van der Waals surface area (Å²) in [7, 11) is 3.44. The standard InChI is InChI=1S/C10H15N5O3/c1-13(2)9(16)6-14-3-7(4-14)15-5-8(10(17)18)11-12-15/h5,7H,3-4,6H2,1-2H3,(H,17,18). The first kappa shape index (κ1) is 12.5. The Balaban J connectivity index is 1.85. The van der Waals surface area contributed by atoms with Crippen molar-refractivity contribution >= 4 is 11.9 Å². The zero-order valence-electron chi connectivity index (χ0n) is 10.3. The van der Waals surface area contributed by atoms with Gasteiger partial charge >= 0.3 is 5.97 Å². The topological polar surface area (TPSA) is 91.6 Å². The van der Waals surface area contributed by atoms with Crippen molar-refractivity contribution in [2.24, 2.45) is 0 Å². The first-order valence-electron chi connectivity index (χ1n) is 5.55. The van der Waals surface area contributed by atoms with Gasteiger partial charge in [0.2, 0.25) is 5.91 Å². The number of carboxylic acids is 1. The SMILES string of the molecule is CN(C)C(=O)CN1CC(n2cc(C(=O)O)nn2)C1. The van der Waals surface area contributed by atoms with Crippen LogP contribution in [0.1, 0.15) is 16.5 Å². The van der Waals surface area contributed by atoms with Gasteiger partial charge in [0.15, 0.2) is 5.69 Å². The van der Waals surface area contributed by atoms with Crippen LogP contribution in [0.2, 0.25) is 0 Å². The fraction of sp³-hybridized carbons (Fsp3) is 0.600. The van der Waals surface area contributed by atoms with Crippen LogP contribution in [0.3, 0.4) is 0 Å². The maximum absolute atomic E-state index is 11.5. The Bertz CT molecular complexity index is 464. The van der Waals surface area contributed by atoms with E-state index in [2.05, 4.69) is 10.3 Å². The van der Waals surface area contributed by atoms with E-state index in [0.717, 1.165) is 0 Å². The Morgan fingerprint density at radius 2 is 2.17 bits per heavy atom. The van der Waals surface area contributed by atoms with Gasteiger partial charge in [0, 0.05) is 27.2 Å². The van der Waals surface area contributed by atoms with Gasteiger partial charge < -0.3 is 10.0 Å². The van der Waals surface area contributed by atoms with Crippen molar-refractivity contribution in [3.8, 4) is 0 Å². The summed E-state index contributed by atoms with van der Waals surface area (Å²) in [5.41, 5.74) is -0.0576. The Labute approximate surface area is 104 Å². The first-order valence-corrected chi connectivity index (χ1v) is 5.55. The molecule has 2 rings (SSSR count). The molecule has 8 heteroatoms. The lowest BCUT2D eigenvalue weighted by Crippen LogP contribution is -2.51. The minimum atomic E-state index is -1.08. The summed E-state index contributed by atoms with van der Waals surface area (Å²) in [4.78, 5) is 25.6. The van der Waals surface area contributed by atoms with Crippen LogP contribution in [0.25, 0.3) is 0 Å². The fourth-order valence-corrected chi connectivity index (χ4v) is 1.72. The van der Waals surface area contributed by atoms with Crippen LogP contribution in [0.15, 0.2) is 6.20 Å². The summed E-state index contributed by atoms with van der Waals surface area (Å²) in [5, 5.41) is 16.1. The lowest BCUT2D eigenvalue weighted by Gasteiger charge is -2.38. The van der Waals surface area contributed by atoms with Gasteiger partial charge in [-0.05, 0) is 0 Å². The number of hydrogen-bond acceptors (Lipinski definition) is 5. The second-order valence-electron chi connectivity index (χ2n) is 4.53. The number of aromatic nitrogens is 3. The average molecular weight is 253 g/mol. The predicted molar refractivity (Wildman–Crippen MR) is 61.2 cm³/mol. The van der Waals surface area contributed by atoms with E-state index < -0.39 is 5.97 Å². The monoisotopic (exact) mass is 253 g/mol. The minimum Gasteiger partial charge on any atom is -0.476 e. The molecule has 18 heavy (non-hydrogen) atoms. The van der Waals surface area contributed by atoms with Gasteiger partial charge in [-0.15, -0.1) is 5.10 Å². The van der Waals surface area contributed by atoms with Crippen molar-refractivity contribution < 1.29 is 14.7 Å². The molecule has 2 heterocycles. The van der Waals surface area contributed by atoms with Crippen LogP contribution >= 0.6 is 0 Å². The van der Waals surface area contributed by atoms with Gasteiger partial charge in [-0.1, -0.05) is 5.21 Å². The number of carbonyl (C=O) groups excluding carboxylic acids is 1. The fourth-order valence-electron chi connectivity index (χ4n) is 1.72. The van der Waals surface area contributed by atoms with Crippen molar-refractivity contribution in [1.29, 1.82) is 0 Å². The number of carbonyl (C=O) groups is 2. The molecule has 0 bridgehead atoms. The molecule has 1 aromatic rings. The highest BCUT2D eigenvalue weighted by Gasteiger charge is 2.31. The molecule has 0 atom stereocenters. The molecule has 0 unspecified atom stereocenters. The first-order chi connectivity index (χ1) is 8.47. The minimum absolute atomic E-state index is 0.0539. The maximum Gasteiger partial charge on any atom is 0.358 e. The summed E-state index contributed by atoms with van der Waals surface area (Å²) in [6, 6.07) is 0.0977. The summed E-state index contributed by atoms with van der Waals surface area (Å²) in [6.07, 6.45) is 1.41. The Kier molecular flexibility index (Phi) is 3.28. The van der Waals surface area contributed by atoms with Crippen molar-refractivity contribution in [3.63, 3.8) is 0 Å². The van der Waals surface area contributed by atoms with Gasteiger partial charge in [-0.3, -0.25) is 9.69 Å². The number of likely N-dealkylation sites (tertiary alicyclic amines) is 1. The van der Waals surface area contributed by atoms with Crippen LogP contribution in [0, 0.1) is 0 Å². The second kappa shape index (κ2) is 4.73. The third-order valence-electron chi connectivity index (χ3n) is 2.90. The quantitative estimate of drug-likeness (QED) is 0.734. The number of amides is 1. The molecule has 1 amide bonds. The van der Waals surface area contributed by atoms with Crippen LogP contribution in [-0.2, 0) is 4.79 Å². The van der Waals surface area contributed by atoms with E-state index in [0.29, 0.717) is 19.6 Å². The molecule has 0 aromatic carbocycles. The van der Waals surface area contributed by atoms with E-state index in [9.17, 15) is 9.59 Å². The van der Waals surface area contributed by atoms with Gasteiger partial charge in [-0.25, -0.2) is 9.48 Å². The summed E-state index contributed by atoms with van der Waals surface area (Å²) in [6.45, 7) is 1.74. The van der Waals surface area contributed by atoms with Crippen molar-refractivity contribution in [2.75, 3.05) is 33.7 Å². The molecule has 1 N–H and O–H groups in total. The molecular formula is C10H15N5O3. The third kappa shape index (κ3) is 2.48. The molecule has 98 valence electrons. The molecule has 1 saturated heterocycles. The van der Waals surface area contributed by atoms with Crippen molar-refractivity contribution in [1.82, 2.24) is 24.8 Å². The molecule has 1 aromatic heterocycles. The summed E-state index contributed by atoms with van der Waals surface area (Å²) >= 11 is 0. The van der Waals surface area contributed by atoms with E-state index in [-0.39, 0.29) is 17.6 Å². The maximum atomic E-state index is 11.5. The van der Waals surface area contributed by atoms with Crippen LogP contribution < -0.4 is 0 Å². The van der Waals surface area contributed by atoms with Crippen LogP contribution in [0.5, 0.6) is 0 Å². The molecule has 1 aliphatic rings. The lowest BCUT2D eigenvalue weighted by molar-refractivity contribution is -0.131. The molecule has 0 spiro atoms. The number of carboxylic acid groups (broad SMARTS) is 1. The summed E-state index contributed by atoms with van der Waals surface area (Å²) < 4.78 is 1.54. The van der Waals surface area contributed by atoms with Gasteiger partial charge in [-0.2, -0.15) is 0 Å². The van der Waals surface area contributed by atoms with E-state index >= 15 is 0 Å². The van der Waals surface area contributed by atoms with Crippen LogP contribution in [0.4, 0.5) is 0 Å². The highest BCUT2D eigenvalue weighted by Crippen LogP contribution is 2.19. The molecule has 1 aliphatic heterocycles. The van der Waals surface area contributed by atoms with Crippen molar-refractivity contribution in [3.05, 3.63) is 11.9 Å². The number of hydrogen-bond donors (Lipinski definition) is 1. The van der Waals surface area contributed by atoms with Gasteiger partial charge in [0.25, 0.3) is 0 Å². The number of rotatable bonds is 4. The smallest absolute Gasteiger partial charge is 0.358 e. The Morgan fingerprint density at radius 1 is 1.50 bits per heavy atom. The van der Waals surface area contributed by atoms with Crippen LogP contribution in [-0.4, -0.2) is 75.5 Å². The molecule has 0 aliphatic carbocycles.